The lowest BCUT2D eigenvalue weighted by Gasteiger charge is -2.27. The third-order valence-corrected chi connectivity index (χ3v) is 6.87. The van der Waals surface area contributed by atoms with Gasteiger partial charge in [-0.2, -0.15) is 13.2 Å². The van der Waals surface area contributed by atoms with Gasteiger partial charge in [0, 0.05) is 50.7 Å². The van der Waals surface area contributed by atoms with E-state index >= 15 is 0 Å². The Balaban J connectivity index is 0.000000432. The number of aromatic nitrogens is 1. The quantitative estimate of drug-likeness (QED) is 0.235. The van der Waals surface area contributed by atoms with E-state index in [2.05, 4.69) is 20.1 Å². The Labute approximate surface area is 237 Å². The molecule has 1 aliphatic rings. The van der Waals surface area contributed by atoms with Crippen molar-refractivity contribution < 1.29 is 27.6 Å². The summed E-state index contributed by atoms with van der Waals surface area (Å²) in [4.78, 5) is 46.8. The zero-order chi connectivity index (χ0) is 30.1. The number of nitrogens with one attached hydrogen (secondary N) is 1. The zero-order valence-electron chi connectivity index (χ0n) is 23.7. The smallest absolute Gasteiger partial charge is 0.373 e. The lowest BCUT2D eigenvalue weighted by molar-refractivity contribution is -0.123. The summed E-state index contributed by atoms with van der Waals surface area (Å²) in [5.74, 6) is 0.189. The van der Waals surface area contributed by atoms with Gasteiger partial charge in [-0.3, -0.25) is 4.79 Å². The third-order valence-electron chi connectivity index (χ3n) is 6.13. The van der Waals surface area contributed by atoms with Crippen molar-refractivity contribution in [1.82, 2.24) is 19.7 Å². The fourth-order valence-corrected chi connectivity index (χ4v) is 4.31. The largest absolute Gasteiger partial charge is 0.446 e. The molecule has 1 aliphatic heterocycles. The number of imide groups is 1. The molecule has 3 rings (SSSR count). The van der Waals surface area contributed by atoms with Gasteiger partial charge in [0.1, 0.15) is 17.6 Å². The molecule has 1 N–H and O–H groups in total. The minimum Gasteiger partial charge on any atom is -0.373 e. The maximum absolute atomic E-state index is 13.0. The molecular formula is C27H37F3N6O3S. The van der Waals surface area contributed by atoms with Crippen LogP contribution in [0.15, 0.2) is 47.5 Å². The minimum atomic E-state index is -4.41. The van der Waals surface area contributed by atoms with Crippen LogP contribution < -0.4 is 10.2 Å². The fourth-order valence-electron chi connectivity index (χ4n) is 3.77. The first-order valence-electron chi connectivity index (χ1n) is 12.6. The van der Waals surface area contributed by atoms with Gasteiger partial charge in [0.05, 0.1) is 5.69 Å². The molecular weight excluding hydrogens is 545 g/mol. The second-order valence-corrected chi connectivity index (χ2v) is 11.1. The molecule has 1 fully saturated rings. The Morgan fingerprint density at radius 3 is 2.25 bits per heavy atom. The van der Waals surface area contributed by atoms with Crippen LogP contribution in [0, 0.1) is 0 Å². The molecule has 220 valence electrons. The number of nitrogens with zero attached hydrogens (tertiary/aromatic N) is 5. The Morgan fingerprint density at radius 2 is 1.70 bits per heavy atom. The van der Waals surface area contributed by atoms with Gasteiger partial charge in [0.15, 0.2) is 0 Å². The fraction of sp³-hybridized carbons (Fsp3) is 0.481. The van der Waals surface area contributed by atoms with Crippen molar-refractivity contribution in [3.05, 3.63) is 48.2 Å². The van der Waals surface area contributed by atoms with Gasteiger partial charge in [0.2, 0.25) is 0 Å². The van der Waals surface area contributed by atoms with Crippen LogP contribution >= 0.6 is 11.8 Å². The monoisotopic (exact) mass is 582 g/mol. The van der Waals surface area contributed by atoms with Gasteiger partial charge in [0.25, 0.3) is 5.91 Å². The van der Waals surface area contributed by atoms with E-state index in [0.717, 1.165) is 36.4 Å². The first-order valence-corrected chi connectivity index (χ1v) is 13.4. The summed E-state index contributed by atoms with van der Waals surface area (Å²) in [6.07, 6.45) is 3.21. The number of alkyl halides is 3. The highest BCUT2D eigenvalue weighted by Gasteiger charge is 2.51. The number of halogens is 3. The van der Waals surface area contributed by atoms with Crippen molar-refractivity contribution in [3.63, 3.8) is 0 Å². The molecule has 2 aromatic rings. The summed E-state index contributed by atoms with van der Waals surface area (Å²) in [6.45, 7) is 6.42. The highest BCUT2D eigenvalue weighted by molar-refractivity contribution is 8.00. The molecule has 40 heavy (non-hydrogen) atoms. The zero-order valence-corrected chi connectivity index (χ0v) is 24.5. The van der Waals surface area contributed by atoms with Crippen molar-refractivity contribution in [2.75, 3.05) is 58.0 Å². The van der Waals surface area contributed by atoms with E-state index in [-0.39, 0.29) is 28.9 Å². The summed E-state index contributed by atoms with van der Waals surface area (Å²) in [6, 6.07) is 8.17. The van der Waals surface area contributed by atoms with Gasteiger partial charge in [-0.05, 0) is 88.7 Å². The summed E-state index contributed by atoms with van der Waals surface area (Å²) < 4.78 is 37.5. The Bertz CT molecular complexity index is 1150. The number of carbonyl (C=O) groups is 3. The van der Waals surface area contributed by atoms with Crippen LogP contribution in [0.25, 0.3) is 0 Å². The van der Waals surface area contributed by atoms with Crippen LogP contribution in [0.1, 0.15) is 25.8 Å². The normalized spacial score (nSPS) is 15.0. The predicted octanol–water partition coefficient (Wildman–Crippen LogP) is 4.55. The molecule has 9 nitrogen and oxygen atoms in total. The molecule has 0 saturated carbocycles. The summed E-state index contributed by atoms with van der Waals surface area (Å²) in [7, 11) is 7.86. The number of anilines is 2. The van der Waals surface area contributed by atoms with Crippen LogP contribution in [-0.2, 0) is 16.1 Å². The van der Waals surface area contributed by atoms with E-state index in [1.165, 1.54) is 29.2 Å². The standard InChI is InChI=1S/C19H19F3N4O2S.C8H18N2O/c1-18(2)16(27)26(13-4-6-14(7-5-13)29-19(20,21)22)17(28)25(18)11-12-8-9-24-15(10-12)23-3;1-9(2)6-7-10(3)5-4-8-11/h4-10H,11H2,1-3H3,(H,23,24);8H,4-7H2,1-3H3. The molecule has 1 saturated heterocycles. The highest BCUT2D eigenvalue weighted by atomic mass is 32.2. The maximum Gasteiger partial charge on any atom is 0.446 e. The third kappa shape index (κ3) is 9.49. The number of rotatable bonds is 11. The number of hydrogen-bond donors (Lipinski definition) is 1. The average molecular weight is 583 g/mol. The number of hydrogen-bond acceptors (Lipinski definition) is 8. The van der Waals surface area contributed by atoms with E-state index in [1.54, 1.807) is 39.2 Å². The second-order valence-electron chi connectivity index (χ2n) is 9.97. The lowest BCUT2D eigenvalue weighted by Crippen LogP contribution is -2.43. The highest BCUT2D eigenvalue weighted by Crippen LogP contribution is 2.39. The number of thioether (sulfide) groups is 1. The van der Waals surface area contributed by atoms with Gasteiger partial charge >= 0.3 is 11.5 Å². The molecule has 0 unspecified atom stereocenters. The van der Waals surface area contributed by atoms with Gasteiger partial charge in [-0.15, -0.1) is 0 Å². The molecule has 0 atom stereocenters. The number of pyridine rings is 1. The van der Waals surface area contributed by atoms with E-state index in [4.69, 9.17) is 0 Å². The minimum absolute atomic E-state index is 0.0205. The number of aldehydes is 1. The molecule has 3 amide bonds. The van der Waals surface area contributed by atoms with Crippen LogP contribution in [0.2, 0.25) is 0 Å². The van der Waals surface area contributed by atoms with Crippen molar-refractivity contribution in [2.24, 2.45) is 0 Å². The van der Waals surface area contributed by atoms with Crippen LogP contribution in [0.5, 0.6) is 0 Å². The molecule has 2 heterocycles. The first-order chi connectivity index (χ1) is 18.7. The number of amides is 3. The van der Waals surface area contributed by atoms with Crippen molar-refractivity contribution >= 4 is 41.5 Å². The molecule has 0 bridgehead atoms. The van der Waals surface area contributed by atoms with Gasteiger partial charge < -0.3 is 24.8 Å². The van der Waals surface area contributed by atoms with Gasteiger partial charge in [-0.1, -0.05) is 0 Å². The SMILES string of the molecule is CN(C)CCN(C)CCC=O.CNc1cc(CN2C(=O)N(c3ccc(SC(F)(F)F)cc3)C(=O)C2(C)C)ccn1. The average Bonchev–Trinajstić information content (AvgIpc) is 3.05. The summed E-state index contributed by atoms with van der Waals surface area (Å²) in [5, 5.41) is 2.91. The molecule has 0 radical (unpaired) electrons. The van der Waals surface area contributed by atoms with Crippen molar-refractivity contribution in [2.45, 2.75) is 42.8 Å². The Kier molecular flexibility index (Phi) is 12.0. The number of carbonyl (C=O) groups excluding carboxylic acids is 3. The van der Waals surface area contributed by atoms with E-state index in [1.807, 2.05) is 21.1 Å². The topological polar surface area (TPSA) is 89.1 Å². The second kappa shape index (κ2) is 14.5. The predicted molar refractivity (Wildman–Crippen MR) is 151 cm³/mol. The summed E-state index contributed by atoms with van der Waals surface area (Å²) in [5.41, 5.74) is -4.50. The molecule has 0 spiro atoms. The molecule has 0 aliphatic carbocycles. The van der Waals surface area contributed by atoms with Crippen LogP contribution in [0.4, 0.5) is 29.5 Å². The lowest BCUT2D eigenvalue weighted by atomic mass is 10.0. The number of urea groups is 1. The van der Waals surface area contributed by atoms with E-state index in [0.29, 0.717) is 12.2 Å². The first kappa shape index (κ1) is 33.0. The molecule has 13 heteroatoms. The van der Waals surface area contributed by atoms with Crippen molar-refractivity contribution in [1.29, 1.82) is 0 Å². The van der Waals surface area contributed by atoms with E-state index in [9.17, 15) is 27.6 Å². The Hall–Kier alpha value is -3.16. The van der Waals surface area contributed by atoms with Crippen LogP contribution in [-0.4, -0.2) is 96.8 Å². The summed E-state index contributed by atoms with van der Waals surface area (Å²) >= 11 is -0.251. The van der Waals surface area contributed by atoms with Crippen molar-refractivity contribution in [3.8, 4) is 0 Å². The number of benzene rings is 1. The van der Waals surface area contributed by atoms with Crippen LogP contribution in [0.3, 0.4) is 0 Å². The number of likely N-dealkylation sites (N-methyl/N-ethyl adjacent to an activating group) is 2. The molecule has 1 aromatic carbocycles. The molecule has 1 aromatic heterocycles. The van der Waals surface area contributed by atoms with E-state index < -0.39 is 23.0 Å². The van der Waals surface area contributed by atoms with Gasteiger partial charge in [-0.25, -0.2) is 14.7 Å². The Morgan fingerprint density at radius 1 is 1.05 bits per heavy atom. The maximum atomic E-state index is 13.0.